The molecule has 5 nitrogen and oxygen atoms in total. The maximum atomic E-state index is 12.8. The van der Waals surface area contributed by atoms with Crippen LogP contribution in [0.1, 0.15) is 15.9 Å². The minimum absolute atomic E-state index is 0.0552. The Morgan fingerprint density at radius 1 is 1.08 bits per heavy atom. The fraction of sp³-hybridized carbons (Fsp3) is 0.167. The van der Waals surface area contributed by atoms with Gasteiger partial charge in [-0.3, -0.25) is 4.79 Å². The number of benzene rings is 2. The molecule has 0 radical (unpaired) electrons. The highest BCUT2D eigenvalue weighted by Crippen LogP contribution is 2.34. The lowest BCUT2D eigenvalue weighted by atomic mass is 10.1. The summed E-state index contributed by atoms with van der Waals surface area (Å²) in [7, 11) is 2.96. The normalized spacial score (nSPS) is 11.4. The number of carbonyl (C=O) groups is 1. The van der Waals surface area contributed by atoms with Gasteiger partial charge in [-0.25, -0.2) is 0 Å². The molecule has 0 bridgehead atoms. The second-order valence-electron chi connectivity index (χ2n) is 5.49. The van der Waals surface area contributed by atoms with Gasteiger partial charge in [0, 0.05) is 23.3 Å². The number of carbonyl (C=O) groups excluding carboxylic acids is 1. The average molecular weight is 364 g/mol. The second kappa shape index (κ2) is 6.62. The van der Waals surface area contributed by atoms with E-state index in [0.717, 1.165) is 12.1 Å². The molecule has 0 saturated heterocycles. The van der Waals surface area contributed by atoms with Crippen molar-refractivity contribution in [3.63, 3.8) is 0 Å². The van der Waals surface area contributed by atoms with Crippen LogP contribution in [-0.2, 0) is 6.18 Å². The molecule has 1 amide bonds. The number of hydrogen-bond acceptors (Lipinski definition) is 3. The van der Waals surface area contributed by atoms with Crippen LogP contribution in [0.25, 0.3) is 10.9 Å². The van der Waals surface area contributed by atoms with E-state index < -0.39 is 17.6 Å². The minimum Gasteiger partial charge on any atom is -0.493 e. The first-order chi connectivity index (χ1) is 12.3. The fourth-order valence-corrected chi connectivity index (χ4v) is 2.61. The van der Waals surface area contributed by atoms with Crippen molar-refractivity contribution in [3.05, 3.63) is 53.7 Å². The van der Waals surface area contributed by atoms with Crippen LogP contribution in [0.3, 0.4) is 0 Å². The number of aromatic nitrogens is 1. The Morgan fingerprint density at radius 3 is 2.42 bits per heavy atom. The van der Waals surface area contributed by atoms with Crippen molar-refractivity contribution in [1.82, 2.24) is 4.98 Å². The molecule has 0 saturated carbocycles. The lowest BCUT2D eigenvalue weighted by molar-refractivity contribution is -0.137. The summed E-state index contributed by atoms with van der Waals surface area (Å²) < 4.78 is 48.8. The van der Waals surface area contributed by atoms with Crippen LogP contribution in [-0.4, -0.2) is 25.1 Å². The van der Waals surface area contributed by atoms with E-state index in [-0.39, 0.29) is 11.3 Å². The number of fused-ring (bicyclic) bond motifs is 1. The van der Waals surface area contributed by atoms with E-state index >= 15 is 0 Å². The number of methoxy groups -OCH3 is 2. The first-order valence-corrected chi connectivity index (χ1v) is 7.55. The molecule has 3 aromatic rings. The Labute approximate surface area is 146 Å². The molecule has 2 aromatic carbocycles. The molecule has 0 unspecified atom stereocenters. The number of halogens is 3. The zero-order chi connectivity index (χ0) is 18.9. The smallest absolute Gasteiger partial charge is 0.416 e. The van der Waals surface area contributed by atoms with Gasteiger partial charge in [0.25, 0.3) is 5.91 Å². The van der Waals surface area contributed by atoms with Crippen LogP contribution >= 0.6 is 0 Å². The maximum Gasteiger partial charge on any atom is 0.416 e. The van der Waals surface area contributed by atoms with Gasteiger partial charge in [0.05, 0.1) is 30.9 Å². The van der Waals surface area contributed by atoms with Gasteiger partial charge in [-0.15, -0.1) is 0 Å². The van der Waals surface area contributed by atoms with Gasteiger partial charge >= 0.3 is 6.18 Å². The van der Waals surface area contributed by atoms with E-state index in [4.69, 9.17) is 9.47 Å². The van der Waals surface area contributed by atoms with Gasteiger partial charge in [-0.1, -0.05) is 6.07 Å². The summed E-state index contributed by atoms with van der Waals surface area (Å²) in [5, 5.41) is 3.05. The molecule has 0 aliphatic rings. The van der Waals surface area contributed by atoms with Gasteiger partial charge in [-0.2, -0.15) is 13.2 Å². The van der Waals surface area contributed by atoms with E-state index in [1.807, 2.05) is 0 Å². The number of aromatic amines is 1. The van der Waals surface area contributed by atoms with Crippen LogP contribution in [0, 0.1) is 0 Å². The molecule has 0 fully saturated rings. The fourth-order valence-electron chi connectivity index (χ4n) is 2.61. The number of ether oxygens (including phenoxy) is 2. The predicted molar refractivity (Wildman–Crippen MR) is 90.8 cm³/mol. The van der Waals surface area contributed by atoms with Crippen molar-refractivity contribution in [1.29, 1.82) is 0 Å². The lowest BCUT2D eigenvalue weighted by Gasteiger charge is -2.10. The van der Waals surface area contributed by atoms with Crippen molar-refractivity contribution in [2.24, 2.45) is 0 Å². The molecule has 0 atom stereocenters. The van der Waals surface area contributed by atoms with Gasteiger partial charge < -0.3 is 19.8 Å². The minimum atomic E-state index is -4.48. The highest BCUT2D eigenvalue weighted by Gasteiger charge is 2.30. The molecule has 0 spiro atoms. The topological polar surface area (TPSA) is 63.4 Å². The highest BCUT2D eigenvalue weighted by atomic mass is 19.4. The predicted octanol–water partition coefficient (Wildman–Crippen LogP) is 4.46. The van der Waals surface area contributed by atoms with E-state index in [9.17, 15) is 18.0 Å². The summed E-state index contributed by atoms with van der Waals surface area (Å²) in [5.74, 6) is 0.391. The Hall–Kier alpha value is -3.16. The first kappa shape index (κ1) is 17.7. The standard InChI is InChI=1S/C18H15F3N2O3/c1-25-15-7-12-13(9-22-14(12)8-16(15)26-2)17(24)23-11-5-3-4-10(6-11)18(19,20)21/h3-9,22H,1-2H3,(H,23,24). The third-order valence-corrected chi connectivity index (χ3v) is 3.88. The molecule has 1 aromatic heterocycles. The van der Waals surface area contributed by atoms with Crippen molar-refractivity contribution in [2.75, 3.05) is 19.5 Å². The first-order valence-electron chi connectivity index (χ1n) is 7.55. The SMILES string of the molecule is COc1cc2[nH]cc(C(=O)Nc3cccc(C(F)(F)F)c3)c2cc1OC. The van der Waals surface area contributed by atoms with Crippen LogP contribution < -0.4 is 14.8 Å². The second-order valence-corrected chi connectivity index (χ2v) is 5.49. The molecule has 26 heavy (non-hydrogen) atoms. The zero-order valence-corrected chi connectivity index (χ0v) is 13.9. The quantitative estimate of drug-likeness (QED) is 0.719. The van der Waals surface area contributed by atoms with Gasteiger partial charge in [0.2, 0.25) is 0 Å². The van der Waals surface area contributed by atoms with E-state index in [2.05, 4.69) is 10.3 Å². The molecular formula is C18H15F3N2O3. The molecule has 0 aliphatic carbocycles. The lowest BCUT2D eigenvalue weighted by Crippen LogP contribution is -2.12. The van der Waals surface area contributed by atoms with Crippen molar-refractivity contribution >= 4 is 22.5 Å². The Bertz CT molecular complexity index is 964. The van der Waals surface area contributed by atoms with Crippen LogP contribution in [0.4, 0.5) is 18.9 Å². The van der Waals surface area contributed by atoms with Gasteiger partial charge in [0.15, 0.2) is 11.5 Å². The van der Waals surface area contributed by atoms with Crippen LogP contribution in [0.2, 0.25) is 0 Å². The van der Waals surface area contributed by atoms with Crippen LogP contribution in [0.5, 0.6) is 11.5 Å². The van der Waals surface area contributed by atoms with Crippen LogP contribution in [0.15, 0.2) is 42.6 Å². The van der Waals surface area contributed by atoms with Crippen molar-refractivity contribution in [2.45, 2.75) is 6.18 Å². The third-order valence-electron chi connectivity index (χ3n) is 3.88. The Kier molecular flexibility index (Phi) is 4.50. The molecule has 136 valence electrons. The summed E-state index contributed by atoms with van der Waals surface area (Å²) in [6.45, 7) is 0. The highest BCUT2D eigenvalue weighted by molar-refractivity contribution is 6.13. The molecule has 8 heteroatoms. The number of nitrogens with one attached hydrogen (secondary N) is 2. The van der Waals surface area contributed by atoms with E-state index in [0.29, 0.717) is 22.4 Å². The number of anilines is 1. The monoisotopic (exact) mass is 364 g/mol. The zero-order valence-electron chi connectivity index (χ0n) is 13.9. The molecule has 2 N–H and O–H groups in total. The summed E-state index contributed by atoms with van der Waals surface area (Å²) >= 11 is 0. The number of hydrogen-bond donors (Lipinski definition) is 2. The van der Waals surface area contributed by atoms with E-state index in [1.165, 1.54) is 32.5 Å². The number of amides is 1. The number of alkyl halides is 3. The van der Waals surface area contributed by atoms with Gasteiger partial charge in [-0.05, 0) is 24.3 Å². The Morgan fingerprint density at radius 2 is 1.77 bits per heavy atom. The summed E-state index contributed by atoms with van der Waals surface area (Å²) in [6, 6.07) is 7.77. The maximum absolute atomic E-state index is 12.8. The molecule has 1 heterocycles. The Balaban J connectivity index is 1.93. The third kappa shape index (κ3) is 3.30. The largest absolute Gasteiger partial charge is 0.493 e. The molecule has 0 aliphatic heterocycles. The average Bonchev–Trinajstić information content (AvgIpc) is 3.02. The molecular weight excluding hydrogens is 349 g/mol. The summed E-state index contributed by atoms with van der Waals surface area (Å²) in [4.78, 5) is 15.5. The molecule has 3 rings (SSSR count). The summed E-state index contributed by atoms with van der Waals surface area (Å²) in [6.07, 6.45) is -3.00. The van der Waals surface area contributed by atoms with Crippen molar-refractivity contribution in [3.8, 4) is 11.5 Å². The summed E-state index contributed by atoms with van der Waals surface area (Å²) in [5.41, 5.74) is 0.135. The number of rotatable bonds is 4. The number of H-pyrrole nitrogens is 1. The van der Waals surface area contributed by atoms with Gasteiger partial charge in [0.1, 0.15) is 0 Å². The van der Waals surface area contributed by atoms with E-state index in [1.54, 1.807) is 12.1 Å². The van der Waals surface area contributed by atoms with Crippen molar-refractivity contribution < 1.29 is 27.4 Å².